The molecule has 20 nitrogen and oxygen atoms in total. The standard InChI is InChI=1S/C26H35BrN6O14S2/c27-21-15(34)3-4-16(47-49-10-14(24(42)31-8-20(39)40)33-18(36)6-2-12(29)26(45)46)22(21)48-9-13(23(41)30-7-19(37)38)32-17(35)5-1-11(28)25(43)44/h3-4,11-14,34H,1-2,5-10,28-29H2,(H,30,41)(H,31,42)(H,32,35)(H,33,36)(H,37,38)(H,39,40)(H,43,44)(H,45,46). The number of benzene rings is 1. The molecule has 0 bridgehead atoms. The summed E-state index contributed by atoms with van der Waals surface area (Å²) in [5.41, 5.74) is 10.8. The lowest BCUT2D eigenvalue weighted by molar-refractivity contribution is -0.140. The highest BCUT2D eigenvalue weighted by atomic mass is 79.9. The third kappa shape index (κ3) is 16.6. The predicted octanol–water partition coefficient (Wildman–Crippen LogP) is -1.97. The summed E-state index contributed by atoms with van der Waals surface area (Å²) < 4.78 is 5.79. The summed E-state index contributed by atoms with van der Waals surface area (Å²) in [6, 6.07) is -2.85. The largest absolute Gasteiger partial charge is 0.507 e. The number of aliphatic carboxylic acids is 4. The highest BCUT2D eigenvalue weighted by molar-refractivity contribution is 9.10. The highest BCUT2D eigenvalue weighted by Gasteiger charge is 2.26. The number of carbonyl (C=O) groups excluding carboxylic acids is 4. The number of carboxylic acids is 4. The smallest absolute Gasteiger partial charge is 0.322 e. The molecule has 1 aromatic carbocycles. The lowest BCUT2D eigenvalue weighted by Crippen LogP contribution is -2.49. The second-order valence-electron chi connectivity index (χ2n) is 9.83. The summed E-state index contributed by atoms with van der Waals surface area (Å²) in [5.74, 6) is -9.49. The van der Waals surface area contributed by atoms with Gasteiger partial charge in [-0.2, -0.15) is 0 Å². The number of phenolic OH excluding ortho intramolecular Hbond substituents is 1. The SMILES string of the molecule is NC(CCC(=O)NC(CSOc1ccc(O)c(Br)c1SCC(NC(=O)CCC(N)C(=O)O)C(=O)NCC(=O)O)C(=O)NCC(=O)O)C(=O)O. The van der Waals surface area contributed by atoms with E-state index < -0.39 is 84.8 Å². The quantitative estimate of drug-likeness (QED) is 0.0422. The molecule has 0 saturated heterocycles. The topological polar surface area (TPSA) is 347 Å². The van der Waals surface area contributed by atoms with E-state index >= 15 is 0 Å². The van der Waals surface area contributed by atoms with Gasteiger partial charge in [0.2, 0.25) is 23.6 Å². The number of aromatic hydroxyl groups is 1. The van der Waals surface area contributed by atoms with Gasteiger partial charge in [-0.1, -0.05) is 0 Å². The van der Waals surface area contributed by atoms with E-state index in [1.54, 1.807) is 0 Å². The molecule has 272 valence electrons. The van der Waals surface area contributed by atoms with Gasteiger partial charge in [0.25, 0.3) is 0 Å². The second-order valence-corrected chi connectivity index (χ2v) is 12.4. The van der Waals surface area contributed by atoms with Crippen LogP contribution in [-0.2, 0) is 38.4 Å². The minimum Gasteiger partial charge on any atom is -0.507 e. The van der Waals surface area contributed by atoms with Crippen LogP contribution in [0.15, 0.2) is 21.5 Å². The molecular weight excluding hydrogens is 764 g/mol. The first-order valence-electron chi connectivity index (χ1n) is 13.9. The molecule has 0 aliphatic heterocycles. The number of carboxylic acid groups (broad SMARTS) is 4. The molecule has 23 heteroatoms. The number of hydrogen-bond acceptors (Lipinski definition) is 14. The molecule has 4 atom stereocenters. The Morgan fingerprint density at radius 1 is 0.755 bits per heavy atom. The molecule has 0 aliphatic carbocycles. The zero-order valence-corrected chi connectivity index (χ0v) is 28.6. The molecule has 0 fully saturated rings. The van der Waals surface area contributed by atoms with Gasteiger partial charge in [0.15, 0.2) is 5.75 Å². The maximum absolute atomic E-state index is 12.7. The van der Waals surface area contributed by atoms with E-state index in [-0.39, 0.29) is 58.1 Å². The number of carbonyl (C=O) groups is 8. The molecule has 0 spiro atoms. The van der Waals surface area contributed by atoms with Gasteiger partial charge in [-0.25, -0.2) is 0 Å². The third-order valence-corrected chi connectivity index (χ3v) is 8.97. The van der Waals surface area contributed by atoms with Crippen LogP contribution in [0.1, 0.15) is 25.7 Å². The predicted molar refractivity (Wildman–Crippen MR) is 174 cm³/mol. The van der Waals surface area contributed by atoms with Gasteiger partial charge in [0.05, 0.1) is 27.2 Å². The second kappa shape index (κ2) is 21.6. The van der Waals surface area contributed by atoms with E-state index in [4.69, 9.17) is 36.1 Å². The maximum Gasteiger partial charge on any atom is 0.322 e. The zero-order valence-electron chi connectivity index (χ0n) is 25.4. The Hall–Kier alpha value is -4.32. The number of nitrogens with one attached hydrogen (secondary N) is 4. The molecule has 0 heterocycles. The number of rotatable bonds is 23. The van der Waals surface area contributed by atoms with Gasteiger partial charge in [0, 0.05) is 18.6 Å². The first kappa shape index (κ1) is 42.7. The van der Waals surface area contributed by atoms with Crippen molar-refractivity contribution < 1.29 is 68.1 Å². The zero-order chi connectivity index (χ0) is 37.3. The van der Waals surface area contributed by atoms with Crippen molar-refractivity contribution in [3.05, 3.63) is 16.6 Å². The van der Waals surface area contributed by atoms with Crippen LogP contribution in [-0.4, -0.2) is 122 Å². The maximum atomic E-state index is 12.7. The summed E-state index contributed by atoms with van der Waals surface area (Å²) >= 11 is 4.69. The van der Waals surface area contributed by atoms with Gasteiger partial charge >= 0.3 is 23.9 Å². The van der Waals surface area contributed by atoms with Crippen LogP contribution in [0.5, 0.6) is 11.5 Å². The highest BCUT2D eigenvalue weighted by Crippen LogP contribution is 2.42. The van der Waals surface area contributed by atoms with Crippen LogP contribution in [0.2, 0.25) is 0 Å². The van der Waals surface area contributed by atoms with Crippen LogP contribution >= 0.6 is 39.7 Å². The first-order chi connectivity index (χ1) is 22.9. The Balaban J connectivity index is 3.11. The lowest BCUT2D eigenvalue weighted by atomic mass is 10.1. The summed E-state index contributed by atoms with van der Waals surface area (Å²) in [7, 11) is 0. The van der Waals surface area contributed by atoms with Crippen molar-refractivity contribution >= 4 is 87.2 Å². The van der Waals surface area contributed by atoms with Gasteiger partial charge in [-0.15, -0.1) is 11.8 Å². The van der Waals surface area contributed by atoms with E-state index in [0.717, 1.165) is 11.8 Å². The van der Waals surface area contributed by atoms with Crippen LogP contribution < -0.4 is 36.9 Å². The fourth-order valence-electron chi connectivity index (χ4n) is 3.35. The van der Waals surface area contributed by atoms with Crippen LogP contribution in [0, 0.1) is 0 Å². The number of halogens is 1. The fraction of sp³-hybridized carbons (Fsp3) is 0.462. The van der Waals surface area contributed by atoms with Crippen molar-refractivity contribution in [2.45, 2.75) is 54.7 Å². The Bertz CT molecular complexity index is 1400. The monoisotopic (exact) mass is 798 g/mol. The molecule has 1 aromatic rings. The molecule has 49 heavy (non-hydrogen) atoms. The molecular formula is C26H35BrN6O14S2. The number of nitrogens with two attached hydrogens (primary N) is 2. The van der Waals surface area contributed by atoms with E-state index in [0.29, 0.717) is 12.0 Å². The molecule has 0 radical (unpaired) electrons. The Morgan fingerprint density at radius 2 is 1.20 bits per heavy atom. The fourth-order valence-corrected chi connectivity index (χ4v) is 5.83. The van der Waals surface area contributed by atoms with E-state index in [2.05, 4.69) is 37.2 Å². The van der Waals surface area contributed by atoms with Crippen molar-refractivity contribution in [3.8, 4) is 11.5 Å². The number of hydrogen-bond donors (Lipinski definition) is 11. The van der Waals surface area contributed by atoms with Gasteiger partial charge in [-0.3, -0.25) is 38.4 Å². The van der Waals surface area contributed by atoms with Gasteiger partial charge < -0.3 is 62.5 Å². The first-order valence-corrected chi connectivity index (χ1v) is 16.6. The van der Waals surface area contributed by atoms with Crippen molar-refractivity contribution in [2.75, 3.05) is 24.6 Å². The molecule has 4 amide bonds. The summed E-state index contributed by atoms with van der Waals surface area (Å²) in [6.45, 7) is -1.54. The third-order valence-electron chi connectivity index (χ3n) is 5.95. The average Bonchev–Trinajstić information content (AvgIpc) is 3.03. The molecule has 0 saturated carbocycles. The number of amides is 4. The summed E-state index contributed by atoms with van der Waals surface area (Å²) in [6.07, 6.45) is -1.23. The minimum atomic E-state index is -1.36. The van der Waals surface area contributed by atoms with Crippen molar-refractivity contribution in [1.82, 2.24) is 21.3 Å². The summed E-state index contributed by atoms with van der Waals surface area (Å²) in [5, 5.41) is 54.9. The molecule has 0 aromatic heterocycles. The number of phenols is 1. The minimum absolute atomic E-state index is 0.0478. The van der Waals surface area contributed by atoms with Crippen molar-refractivity contribution in [3.63, 3.8) is 0 Å². The Labute approximate surface area is 294 Å². The van der Waals surface area contributed by atoms with Gasteiger partial charge in [-0.05, 0) is 40.9 Å². The van der Waals surface area contributed by atoms with Crippen molar-refractivity contribution in [2.24, 2.45) is 11.5 Å². The number of thioether (sulfide) groups is 1. The van der Waals surface area contributed by atoms with E-state index in [1.165, 1.54) is 12.1 Å². The van der Waals surface area contributed by atoms with E-state index in [1.807, 2.05) is 0 Å². The van der Waals surface area contributed by atoms with Crippen LogP contribution in [0.25, 0.3) is 0 Å². The molecule has 0 aliphatic rings. The van der Waals surface area contributed by atoms with E-state index in [9.17, 15) is 43.5 Å². The van der Waals surface area contributed by atoms with Crippen molar-refractivity contribution in [1.29, 1.82) is 0 Å². The Kier molecular flexibility index (Phi) is 18.8. The molecule has 4 unspecified atom stereocenters. The molecule has 13 N–H and O–H groups in total. The average molecular weight is 800 g/mol. The van der Waals surface area contributed by atoms with Crippen LogP contribution in [0.4, 0.5) is 0 Å². The van der Waals surface area contributed by atoms with Crippen LogP contribution in [0.3, 0.4) is 0 Å². The summed E-state index contributed by atoms with van der Waals surface area (Å²) in [4.78, 5) is 94.2. The van der Waals surface area contributed by atoms with Gasteiger partial charge in [0.1, 0.15) is 43.0 Å². The normalized spacial score (nSPS) is 13.1. The Morgan fingerprint density at radius 3 is 1.63 bits per heavy atom. The lowest BCUT2D eigenvalue weighted by Gasteiger charge is -2.20. The molecule has 1 rings (SSSR count).